The van der Waals surface area contributed by atoms with Gasteiger partial charge in [0.25, 0.3) is 5.69 Å². The van der Waals surface area contributed by atoms with E-state index in [2.05, 4.69) is 5.32 Å². The molecule has 2 amide bonds. The molecule has 0 saturated carbocycles. The molecule has 2 aliphatic rings. The molecule has 0 bridgehead atoms. The fourth-order valence-electron chi connectivity index (χ4n) is 4.59. The second-order valence-corrected chi connectivity index (χ2v) is 14.0. The Labute approximate surface area is 238 Å². The predicted octanol–water partition coefficient (Wildman–Crippen LogP) is 0.552. The van der Waals surface area contributed by atoms with Gasteiger partial charge in [-0.15, -0.1) is 11.8 Å². The van der Waals surface area contributed by atoms with E-state index in [1.165, 1.54) is 40.9 Å². The van der Waals surface area contributed by atoms with Gasteiger partial charge in [0, 0.05) is 16.9 Å². The minimum atomic E-state index is -1.31. The number of esters is 1. The van der Waals surface area contributed by atoms with Gasteiger partial charge in [-0.3, -0.25) is 25.0 Å². The zero-order valence-corrected chi connectivity index (χ0v) is 24.0. The highest BCUT2D eigenvalue weighted by atomic mass is 35.7. The molecule has 4 atom stereocenters. The largest absolute Gasteiger partial charge is 1.00 e. The number of carbonyl (C=O) groups excluding carboxylic acids is 3. The number of thioether (sulfide) groups is 1. The highest BCUT2D eigenvalue weighted by Crippen LogP contribution is 2.57. The standard InChI is InChI=1S/C25H26ClN3O6S2.ClH/c1-4-37(26)25(27-19(30)14-16-8-6-5-7-9-16)22(32)28-20(24(2,3)36-23(25)28)21(31)35-15-17-10-12-18(13-11-17)29(33)34;/h5-13,20,23H,4,14-15H2,1-3H3;1H/t20-,23+,25-,37?;/m0./s1. The number of amides is 2. The average molecular weight is 601 g/mol. The Morgan fingerprint density at radius 2 is 1.79 bits per heavy atom. The summed E-state index contributed by atoms with van der Waals surface area (Å²) < 4.78 is 4.83. The van der Waals surface area contributed by atoms with Gasteiger partial charge < -0.3 is 22.0 Å². The summed E-state index contributed by atoms with van der Waals surface area (Å²) in [6.07, 6.45) is 0.106. The van der Waals surface area contributed by atoms with Crippen molar-refractivity contribution in [2.45, 2.75) is 54.8 Å². The molecule has 2 fully saturated rings. The van der Waals surface area contributed by atoms with Crippen LogP contribution in [-0.4, -0.2) is 54.4 Å². The molecule has 38 heavy (non-hydrogen) atoms. The molecule has 9 nitrogen and oxygen atoms in total. The molecule has 2 saturated heterocycles. The molecule has 2 aromatic carbocycles. The normalized spacial score (nSPS) is 23.9. The third kappa shape index (κ3) is 5.47. The SMILES string of the molecule is CC[S+](Cl)[C@@]1(NC(=O)Cc2ccccc2)C(=O)N2[C@@H](C(=O)OCc3ccc([N+](=O)[O-])cc3)C(C)(C)S[C@@H]21.[Cl-]. The number of halogens is 2. The molecule has 0 aromatic heterocycles. The van der Waals surface area contributed by atoms with Gasteiger partial charge in [0.15, 0.2) is 16.1 Å². The molecular weight excluding hydrogens is 573 g/mol. The monoisotopic (exact) mass is 599 g/mol. The Morgan fingerprint density at radius 1 is 1.16 bits per heavy atom. The Kier molecular flexibility index (Phi) is 9.28. The van der Waals surface area contributed by atoms with E-state index < -0.39 is 47.9 Å². The van der Waals surface area contributed by atoms with Gasteiger partial charge in [-0.1, -0.05) is 30.3 Å². The summed E-state index contributed by atoms with van der Waals surface area (Å²) in [5.41, 5.74) is 1.34. The number of rotatable bonds is 9. The molecule has 4 rings (SSSR count). The van der Waals surface area contributed by atoms with Crippen LogP contribution in [0.2, 0.25) is 0 Å². The van der Waals surface area contributed by atoms with Crippen LogP contribution in [0.4, 0.5) is 5.69 Å². The van der Waals surface area contributed by atoms with Crippen molar-refractivity contribution in [1.29, 1.82) is 0 Å². The van der Waals surface area contributed by atoms with E-state index in [0.717, 1.165) is 5.56 Å². The van der Waals surface area contributed by atoms with Gasteiger partial charge in [0.2, 0.25) is 5.91 Å². The van der Waals surface area contributed by atoms with Crippen LogP contribution in [0, 0.1) is 10.1 Å². The van der Waals surface area contributed by atoms with Crippen molar-refractivity contribution < 1.29 is 36.5 Å². The van der Waals surface area contributed by atoms with Crippen molar-refractivity contribution in [1.82, 2.24) is 10.2 Å². The summed E-state index contributed by atoms with van der Waals surface area (Å²) in [6.45, 7) is 5.48. The van der Waals surface area contributed by atoms with Gasteiger partial charge in [-0.25, -0.2) is 4.79 Å². The number of hydrogen-bond donors (Lipinski definition) is 1. The molecular formula is C25H27Cl2N3O6S2. The van der Waals surface area contributed by atoms with Crippen LogP contribution in [0.1, 0.15) is 31.9 Å². The van der Waals surface area contributed by atoms with Gasteiger partial charge in [-0.2, -0.15) is 0 Å². The van der Waals surface area contributed by atoms with E-state index >= 15 is 0 Å². The molecule has 2 aliphatic heterocycles. The van der Waals surface area contributed by atoms with Crippen LogP contribution < -0.4 is 17.7 Å². The van der Waals surface area contributed by atoms with Gasteiger partial charge in [0.1, 0.15) is 28.5 Å². The first-order valence-electron chi connectivity index (χ1n) is 11.6. The summed E-state index contributed by atoms with van der Waals surface area (Å²) >= 11 is 1.42. The smallest absolute Gasteiger partial charge is 0.330 e. The van der Waals surface area contributed by atoms with Crippen molar-refractivity contribution >= 4 is 56.0 Å². The van der Waals surface area contributed by atoms with E-state index in [1.54, 1.807) is 0 Å². The third-order valence-electron chi connectivity index (χ3n) is 6.39. The van der Waals surface area contributed by atoms with Crippen LogP contribution >= 0.6 is 22.4 Å². The van der Waals surface area contributed by atoms with Crippen molar-refractivity contribution in [3.05, 3.63) is 75.8 Å². The Balaban J connectivity index is 0.00000400. The predicted molar refractivity (Wildman–Crippen MR) is 144 cm³/mol. The maximum atomic E-state index is 13.7. The lowest BCUT2D eigenvalue weighted by atomic mass is 9.95. The molecule has 0 aliphatic carbocycles. The highest BCUT2D eigenvalue weighted by molar-refractivity contribution is 8.20. The van der Waals surface area contributed by atoms with Crippen LogP contribution in [0.15, 0.2) is 54.6 Å². The first kappa shape index (κ1) is 30.1. The second kappa shape index (κ2) is 11.7. The second-order valence-electron chi connectivity index (χ2n) is 9.29. The van der Waals surface area contributed by atoms with Crippen molar-refractivity contribution in [3.8, 4) is 0 Å². The number of non-ortho nitro benzene ring substituents is 1. The quantitative estimate of drug-likeness (QED) is 0.147. The van der Waals surface area contributed by atoms with Crippen molar-refractivity contribution in [2.75, 3.05) is 5.75 Å². The number of fused-ring (bicyclic) bond motifs is 1. The summed E-state index contributed by atoms with van der Waals surface area (Å²) in [4.78, 5) is 50.4. The Bertz CT molecular complexity index is 1220. The number of nitro benzene ring substituents is 1. The number of nitrogens with one attached hydrogen (secondary N) is 1. The molecule has 1 N–H and O–H groups in total. The molecule has 2 aromatic rings. The number of carbonyl (C=O) groups is 3. The molecule has 13 heteroatoms. The van der Waals surface area contributed by atoms with Crippen LogP contribution in [0.25, 0.3) is 0 Å². The summed E-state index contributed by atoms with van der Waals surface area (Å²) in [7, 11) is 5.72. The lowest BCUT2D eigenvalue weighted by Gasteiger charge is -2.48. The zero-order chi connectivity index (χ0) is 27.0. The zero-order valence-electron chi connectivity index (χ0n) is 20.9. The third-order valence-corrected chi connectivity index (χ3v) is 11.3. The van der Waals surface area contributed by atoms with Crippen LogP contribution in [0.5, 0.6) is 0 Å². The fourth-order valence-corrected chi connectivity index (χ4v) is 8.69. The minimum Gasteiger partial charge on any atom is -1.00 e. The molecule has 2 heterocycles. The van der Waals surface area contributed by atoms with Gasteiger partial charge >= 0.3 is 16.7 Å². The van der Waals surface area contributed by atoms with Gasteiger partial charge in [0.05, 0.1) is 11.3 Å². The first-order valence-corrected chi connectivity index (χ1v) is 14.7. The fraction of sp³-hybridized carbons (Fsp3) is 0.400. The van der Waals surface area contributed by atoms with Crippen LogP contribution in [-0.2, 0) is 42.3 Å². The van der Waals surface area contributed by atoms with Crippen LogP contribution in [0.3, 0.4) is 0 Å². The van der Waals surface area contributed by atoms with Gasteiger partial charge in [-0.05, 0) is 44.0 Å². The Morgan fingerprint density at radius 3 is 2.37 bits per heavy atom. The maximum absolute atomic E-state index is 13.7. The Hall–Kier alpha value is -2.47. The topological polar surface area (TPSA) is 119 Å². The molecule has 204 valence electrons. The number of hydrogen-bond acceptors (Lipinski definition) is 7. The number of ether oxygens (including phenoxy) is 1. The average Bonchev–Trinajstić information content (AvgIpc) is 3.14. The lowest BCUT2D eigenvalue weighted by molar-refractivity contribution is -0.384. The number of benzene rings is 2. The number of β-lactam (4-membered cyclic amide) rings is 1. The minimum absolute atomic E-state index is 0. The van der Waals surface area contributed by atoms with E-state index in [4.69, 9.17) is 15.4 Å². The van der Waals surface area contributed by atoms with Crippen molar-refractivity contribution in [2.24, 2.45) is 0 Å². The molecule has 0 spiro atoms. The van der Waals surface area contributed by atoms with Crippen molar-refractivity contribution in [3.63, 3.8) is 0 Å². The van der Waals surface area contributed by atoms with E-state index in [0.29, 0.717) is 11.3 Å². The number of nitrogens with zero attached hydrogens (tertiary/aromatic N) is 2. The first-order chi connectivity index (χ1) is 17.5. The molecule has 0 radical (unpaired) electrons. The van der Waals surface area contributed by atoms with E-state index in [-0.39, 0.29) is 37.0 Å². The number of nitro groups is 1. The summed E-state index contributed by atoms with van der Waals surface area (Å²) in [6, 6.07) is 14.1. The molecule has 1 unspecified atom stereocenters. The maximum Gasteiger partial charge on any atom is 0.330 e. The summed E-state index contributed by atoms with van der Waals surface area (Å²) in [5, 5.41) is 13.3. The van der Waals surface area contributed by atoms with E-state index in [1.807, 2.05) is 51.1 Å². The summed E-state index contributed by atoms with van der Waals surface area (Å²) in [5.74, 6) is -0.816. The van der Waals surface area contributed by atoms with E-state index in [9.17, 15) is 24.5 Å². The lowest BCUT2D eigenvalue weighted by Crippen LogP contribution is -3.00. The highest BCUT2D eigenvalue weighted by Gasteiger charge is 2.80.